The van der Waals surface area contributed by atoms with Gasteiger partial charge in [-0.05, 0) is 30.4 Å². The Bertz CT molecular complexity index is 396. The van der Waals surface area contributed by atoms with Gasteiger partial charge in [-0.3, -0.25) is 4.90 Å². The molecule has 98 valence electrons. The molecule has 0 aromatic heterocycles. The molecule has 0 radical (unpaired) electrons. The van der Waals surface area contributed by atoms with Crippen LogP contribution in [0.4, 0.5) is 0 Å². The van der Waals surface area contributed by atoms with E-state index in [9.17, 15) is 0 Å². The van der Waals surface area contributed by atoms with E-state index >= 15 is 0 Å². The standard InChI is InChI=1S/C16H24N2/c17-9-10-18(15-6-2-3-7-15)12-14-11-13-5-1-4-8-16(13)14/h1,4-5,8,14-15H,2-3,6-7,9-12,17H2. The second kappa shape index (κ2) is 5.41. The van der Waals surface area contributed by atoms with Gasteiger partial charge in [-0.1, -0.05) is 37.1 Å². The zero-order valence-electron chi connectivity index (χ0n) is 11.1. The summed E-state index contributed by atoms with van der Waals surface area (Å²) in [6, 6.07) is 9.71. The van der Waals surface area contributed by atoms with Gasteiger partial charge in [0, 0.05) is 31.6 Å². The van der Waals surface area contributed by atoms with E-state index in [2.05, 4.69) is 29.2 Å². The molecule has 1 unspecified atom stereocenters. The minimum Gasteiger partial charge on any atom is -0.329 e. The molecule has 1 saturated carbocycles. The van der Waals surface area contributed by atoms with Crippen molar-refractivity contribution in [2.75, 3.05) is 19.6 Å². The highest BCUT2D eigenvalue weighted by Crippen LogP contribution is 2.36. The molecule has 2 N–H and O–H groups in total. The predicted molar refractivity (Wildman–Crippen MR) is 75.8 cm³/mol. The molecule has 2 aliphatic carbocycles. The molecule has 2 aliphatic rings. The van der Waals surface area contributed by atoms with Crippen LogP contribution < -0.4 is 5.73 Å². The van der Waals surface area contributed by atoms with Crippen LogP contribution in [-0.2, 0) is 6.42 Å². The molecule has 0 bridgehead atoms. The van der Waals surface area contributed by atoms with Crippen LogP contribution in [0.3, 0.4) is 0 Å². The summed E-state index contributed by atoms with van der Waals surface area (Å²) < 4.78 is 0. The second-order valence-electron chi connectivity index (χ2n) is 5.82. The highest BCUT2D eigenvalue weighted by atomic mass is 15.2. The van der Waals surface area contributed by atoms with Gasteiger partial charge >= 0.3 is 0 Å². The highest BCUT2D eigenvalue weighted by molar-refractivity contribution is 5.40. The lowest BCUT2D eigenvalue weighted by atomic mass is 9.77. The Morgan fingerprint density at radius 3 is 2.67 bits per heavy atom. The van der Waals surface area contributed by atoms with Crippen molar-refractivity contribution in [3.63, 3.8) is 0 Å². The summed E-state index contributed by atoms with van der Waals surface area (Å²) in [5, 5.41) is 0. The summed E-state index contributed by atoms with van der Waals surface area (Å²) in [5.41, 5.74) is 8.92. The molecular weight excluding hydrogens is 220 g/mol. The average molecular weight is 244 g/mol. The van der Waals surface area contributed by atoms with Crippen LogP contribution in [0.2, 0.25) is 0 Å². The van der Waals surface area contributed by atoms with E-state index < -0.39 is 0 Å². The van der Waals surface area contributed by atoms with Gasteiger partial charge in [0.25, 0.3) is 0 Å². The molecule has 0 amide bonds. The van der Waals surface area contributed by atoms with Crippen molar-refractivity contribution >= 4 is 0 Å². The molecule has 1 aromatic rings. The minimum atomic E-state index is 0.758. The van der Waals surface area contributed by atoms with Crippen molar-refractivity contribution in [2.24, 2.45) is 5.73 Å². The summed E-state index contributed by atoms with van der Waals surface area (Å²) in [4.78, 5) is 2.66. The van der Waals surface area contributed by atoms with Crippen molar-refractivity contribution in [1.82, 2.24) is 4.90 Å². The van der Waals surface area contributed by atoms with E-state index in [1.807, 2.05) is 0 Å². The molecule has 3 rings (SSSR count). The van der Waals surface area contributed by atoms with Crippen molar-refractivity contribution in [1.29, 1.82) is 0 Å². The Hall–Kier alpha value is -0.860. The Balaban J connectivity index is 1.63. The van der Waals surface area contributed by atoms with Gasteiger partial charge in [0.1, 0.15) is 0 Å². The maximum absolute atomic E-state index is 5.79. The average Bonchev–Trinajstić information content (AvgIpc) is 2.88. The smallest absolute Gasteiger partial charge is 0.0108 e. The number of nitrogens with zero attached hydrogens (tertiary/aromatic N) is 1. The molecule has 0 aliphatic heterocycles. The topological polar surface area (TPSA) is 29.3 Å². The molecule has 18 heavy (non-hydrogen) atoms. The van der Waals surface area contributed by atoms with E-state index in [1.165, 1.54) is 38.6 Å². The first kappa shape index (κ1) is 12.2. The van der Waals surface area contributed by atoms with E-state index in [1.54, 1.807) is 11.1 Å². The minimum absolute atomic E-state index is 0.758. The Morgan fingerprint density at radius 1 is 1.17 bits per heavy atom. The van der Waals surface area contributed by atoms with Crippen LogP contribution in [0.15, 0.2) is 24.3 Å². The first-order chi connectivity index (χ1) is 8.88. The van der Waals surface area contributed by atoms with E-state index in [0.717, 1.165) is 25.0 Å². The molecule has 2 heteroatoms. The highest BCUT2D eigenvalue weighted by Gasteiger charge is 2.30. The predicted octanol–water partition coefficient (Wildman–Crippen LogP) is 2.53. The van der Waals surface area contributed by atoms with Gasteiger partial charge in [-0.15, -0.1) is 0 Å². The summed E-state index contributed by atoms with van der Waals surface area (Å²) in [6.45, 7) is 3.09. The van der Waals surface area contributed by atoms with Crippen LogP contribution in [-0.4, -0.2) is 30.6 Å². The lowest BCUT2D eigenvalue weighted by Crippen LogP contribution is -2.42. The van der Waals surface area contributed by atoms with Crippen LogP contribution in [0.1, 0.15) is 42.7 Å². The summed E-state index contributed by atoms with van der Waals surface area (Å²) >= 11 is 0. The van der Waals surface area contributed by atoms with Crippen LogP contribution >= 0.6 is 0 Å². The fourth-order valence-electron chi connectivity index (χ4n) is 3.67. The fourth-order valence-corrected chi connectivity index (χ4v) is 3.67. The zero-order valence-corrected chi connectivity index (χ0v) is 11.1. The van der Waals surface area contributed by atoms with Gasteiger partial charge in [0.2, 0.25) is 0 Å². The SMILES string of the molecule is NCCN(CC1Cc2ccccc21)C1CCCC1. The van der Waals surface area contributed by atoms with Crippen molar-refractivity contribution in [3.8, 4) is 0 Å². The first-order valence-electron chi connectivity index (χ1n) is 7.40. The Labute approximate surface area is 110 Å². The van der Waals surface area contributed by atoms with Gasteiger partial charge < -0.3 is 5.73 Å². The third-order valence-electron chi connectivity index (χ3n) is 4.67. The molecule has 0 saturated heterocycles. The van der Waals surface area contributed by atoms with Crippen molar-refractivity contribution < 1.29 is 0 Å². The molecule has 0 heterocycles. The maximum atomic E-state index is 5.79. The van der Waals surface area contributed by atoms with Crippen molar-refractivity contribution in [3.05, 3.63) is 35.4 Å². The van der Waals surface area contributed by atoms with Gasteiger partial charge in [-0.25, -0.2) is 0 Å². The zero-order chi connectivity index (χ0) is 12.4. The maximum Gasteiger partial charge on any atom is 0.0108 e. The largest absolute Gasteiger partial charge is 0.329 e. The molecular formula is C16H24N2. The van der Waals surface area contributed by atoms with Crippen LogP contribution in [0, 0.1) is 0 Å². The van der Waals surface area contributed by atoms with Crippen molar-refractivity contribution in [2.45, 2.75) is 44.1 Å². The number of hydrogen-bond donors (Lipinski definition) is 1. The number of hydrogen-bond acceptors (Lipinski definition) is 2. The summed E-state index contributed by atoms with van der Waals surface area (Å²) in [6.07, 6.45) is 6.85. The number of rotatable bonds is 5. The number of benzene rings is 1. The normalized spacial score (nSPS) is 23.1. The van der Waals surface area contributed by atoms with Crippen LogP contribution in [0.5, 0.6) is 0 Å². The molecule has 1 atom stereocenters. The summed E-state index contributed by atoms with van der Waals surface area (Å²) in [5.74, 6) is 0.758. The third kappa shape index (κ3) is 2.32. The molecule has 1 aromatic carbocycles. The molecule has 0 spiro atoms. The number of nitrogens with two attached hydrogens (primary N) is 1. The Kier molecular flexibility index (Phi) is 3.67. The summed E-state index contributed by atoms with van der Waals surface area (Å²) in [7, 11) is 0. The lowest BCUT2D eigenvalue weighted by Gasteiger charge is -2.37. The quantitative estimate of drug-likeness (QED) is 0.862. The van der Waals surface area contributed by atoms with E-state index in [0.29, 0.717) is 0 Å². The van der Waals surface area contributed by atoms with Gasteiger partial charge in [0.05, 0.1) is 0 Å². The fraction of sp³-hybridized carbons (Fsp3) is 0.625. The lowest BCUT2D eigenvalue weighted by molar-refractivity contribution is 0.185. The van der Waals surface area contributed by atoms with Crippen LogP contribution in [0.25, 0.3) is 0 Å². The molecule has 1 fully saturated rings. The third-order valence-corrected chi connectivity index (χ3v) is 4.67. The first-order valence-corrected chi connectivity index (χ1v) is 7.40. The van der Waals surface area contributed by atoms with E-state index in [-0.39, 0.29) is 0 Å². The monoisotopic (exact) mass is 244 g/mol. The van der Waals surface area contributed by atoms with E-state index in [4.69, 9.17) is 5.73 Å². The Morgan fingerprint density at radius 2 is 1.94 bits per heavy atom. The number of fused-ring (bicyclic) bond motifs is 1. The van der Waals surface area contributed by atoms with Gasteiger partial charge in [-0.2, -0.15) is 0 Å². The van der Waals surface area contributed by atoms with Gasteiger partial charge in [0.15, 0.2) is 0 Å². The molecule has 2 nitrogen and oxygen atoms in total. The second-order valence-corrected chi connectivity index (χ2v) is 5.82.